The number of hydrogen-bond acceptors (Lipinski definition) is 7. The van der Waals surface area contributed by atoms with E-state index in [2.05, 4.69) is 20.1 Å². The zero-order valence-corrected chi connectivity index (χ0v) is 15.5. The van der Waals surface area contributed by atoms with E-state index in [1.54, 1.807) is 18.2 Å². The summed E-state index contributed by atoms with van der Waals surface area (Å²) in [5, 5.41) is 4.97. The number of hydrogen-bond donors (Lipinski definition) is 1. The fraction of sp³-hybridized carbons (Fsp3) is 0.158. The molecule has 0 aliphatic rings. The first kappa shape index (κ1) is 14.6. The topological polar surface area (TPSA) is 101 Å². The molecule has 0 aliphatic heterocycles. The Morgan fingerprint density at radius 3 is 2.86 bits per heavy atom. The fourth-order valence-corrected chi connectivity index (χ4v) is 3.11. The summed E-state index contributed by atoms with van der Waals surface area (Å²) in [7, 11) is 1.53. The summed E-state index contributed by atoms with van der Waals surface area (Å²) in [6.45, 7) is -2.51. The third kappa shape index (κ3) is 3.29. The summed E-state index contributed by atoms with van der Waals surface area (Å²) in [5.41, 5.74) is 8.14. The van der Waals surface area contributed by atoms with Crippen LogP contribution in [0.15, 0.2) is 43.0 Å². The largest absolute Gasteiger partial charge is 0.496 e. The minimum atomic E-state index is -2.42. The first-order valence-electron chi connectivity index (χ1n) is 9.69. The summed E-state index contributed by atoms with van der Waals surface area (Å²) in [6.07, 6.45) is 2.48. The van der Waals surface area contributed by atoms with Crippen molar-refractivity contribution in [1.82, 2.24) is 24.7 Å². The molecule has 0 unspecified atom stereocenters. The number of nitrogens with zero attached hydrogens (tertiary/aromatic N) is 5. The van der Waals surface area contributed by atoms with Crippen molar-refractivity contribution < 1.29 is 13.6 Å². The standard InChI is InChI=1S/C19H17ClN6O2/c1-26-10-24-15(25-26)8-28-14-7-13(27-2)16(11-4-3-5-12(20)6-11)18-17(14)19(21)23-9-22-18/h3-7,9-10H,8H2,1-2H3,(H2,21,22,23)/i1D3. The number of fused-ring (bicyclic) bond motifs is 1. The average molecular weight is 400 g/mol. The molecule has 2 aromatic carbocycles. The Morgan fingerprint density at radius 1 is 1.21 bits per heavy atom. The van der Waals surface area contributed by atoms with Crippen LogP contribution in [0.2, 0.25) is 5.02 Å². The van der Waals surface area contributed by atoms with Gasteiger partial charge in [0.1, 0.15) is 36.6 Å². The van der Waals surface area contributed by atoms with Crippen LogP contribution < -0.4 is 15.2 Å². The summed E-state index contributed by atoms with van der Waals surface area (Å²) in [6, 6.07) is 8.94. The Morgan fingerprint density at radius 2 is 2.11 bits per heavy atom. The monoisotopic (exact) mass is 399 g/mol. The van der Waals surface area contributed by atoms with Crippen molar-refractivity contribution in [2.45, 2.75) is 6.61 Å². The molecule has 4 rings (SSSR count). The Bertz CT molecular complexity index is 1260. The highest BCUT2D eigenvalue weighted by atomic mass is 35.5. The third-order valence-electron chi connectivity index (χ3n) is 4.10. The number of halogens is 1. The van der Waals surface area contributed by atoms with Crippen LogP contribution in [0.25, 0.3) is 22.0 Å². The number of ether oxygens (including phenoxy) is 2. The fourth-order valence-electron chi connectivity index (χ4n) is 2.92. The molecule has 4 aromatic rings. The zero-order valence-electron chi connectivity index (χ0n) is 17.8. The first-order valence-corrected chi connectivity index (χ1v) is 8.56. The second-order valence-electron chi connectivity index (χ2n) is 5.84. The average Bonchev–Trinajstić information content (AvgIpc) is 3.21. The minimum Gasteiger partial charge on any atom is -0.496 e. The maximum Gasteiger partial charge on any atom is 0.188 e. The van der Waals surface area contributed by atoms with Crippen molar-refractivity contribution in [2.75, 3.05) is 12.8 Å². The lowest BCUT2D eigenvalue weighted by atomic mass is 10.00. The molecule has 28 heavy (non-hydrogen) atoms. The van der Waals surface area contributed by atoms with Crippen LogP contribution in [0.5, 0.6) is 11.5 Å². The molecule has 0 bridgehead atoms. The van der Waals surface area contributed by atoms with Crippen molar-refractivity contribution in [3.63, 3.8) is 0 Å². The van der Waals surface area contributed by atoms with Crippen LogP contribution in [-0.2, 0) is 13.6 Å². The van der Waals surface area contributed by atoms with E-state index in [1.165, 1.54) is 13.4 Å². The Labute approximate surface area is 170 Å². The molecular formula is C19H17ClN6O2. The number of nitrogens with two attached hydrogens (primary N) is 1. The molecule has 0 amide bonds. The molecule has 0 atom stereocenters. The van der Waals surface area contributed by atoms with Gasteiger partial charge in [0.05, 0.1) is 23.6 Å². The van der Waals surface area contributed by atoms with E-state index in [1.807, 2.05) is 12.1 Å². The molecule has 2 aromatic heterocycles. The van der Waals surface area contributed by atoms with Crippen molar-refractivity contribution >= 4 is 28.3 Å². The highest BCUT2D eigenvalue weighted by molar-refractivity contribution is 6.31. The SMILES string of the molecule is [2H]C([2H])([2H])n1cnc(COc2cc(OC)c(-c3cccc(Cl)c3)c3ncnc(N)c23)n1. The molecule has 0 radical (unpaired) electrons. The van der Waals surface area contributed by atoms with E-state index >= 15 is 0 Å². The summed E-state index contributed by atoms with van der Waals surface area (Å²) in [4.78, 5) is 12.5. The van der Waals surface area contributed by atoms with E-state index < -0.39 is 6.98 Å². The van der Waals surface area contributed by atoms with Crippen LogP contribution in [0, 0.1) is 0 Å². The predicted octanol–water partition coefficient (Wildman–Crippen LogP) is 3.25. The molecule has 0 fully saturated rings. The highest BCUT2D eigenvalue weighted by Gasteiger charge is 2.20. The Balaban J connectivity index is 1.80. The van der Waals surface area contributed by atoms with Gasteiger partial charge in [-0.15, -0.1) is 0 Å². The number of anilines is 1. The normalized spacial score (nSPS) is 13.0. The van der Waals surface area contributed by atoms with Gasteiger partial charge in [0.15, 0.2) is 5.82 Å². The molecule has 0 aliphatic carbocycles. The summed E-state index contributed by atoms with van der Waals surface area (Å²) >= 11 is 6.18. The Kier molecular flexibility index (Phi) is 3.83. The molecule has 8 nitrogen and oxygen atoms in total. The van der Waals surface area contributed by atoms with Crippen LogP contribution in [0.4, 0.5) is 5.82 Å². The van der Waals surface area contributed by atoms with Crippen LogP contribution in [-0.4, -0.2) is 31.8 Å². The number of nitrogen functional groups attached to an aromatic ring is 1. The number of aromatic nitrogens is 5. The number of benzene rings is 2. The van der Waals surface area contributed by atoms with Crippen molar-refractivity contribution in [3.8, 4) is 22.6 Å². The minimum absolute atomic E-state index is 0.0911. The molecule has 2 heterocycles. The van der Waals surface area contributed by atoms with Crippen LogP contribution >= 0.6 is 11.6 Å². The molecule has 0 saturated carbocycles. The lowest BCUT2D eigenvalue weighted by Crippen LogP contribution is -2.03. The van der Waals surface area contributed by atoms with Gasteiger partial charge in [0, 0.05) is 22.2 Å². The second kappa shape index (κ2) is 7.32. The number of aryl methyl sites for hydroxylation is 1. The van der Waals surface area contributed by atoms with E-state index in [9.17, 15) is 0 Å². The van der Waals surface area contributed by atoms with E-state index in [4.69, 9.17) is 30.9 Å². The van der Waals surface area contributed by atoms with Crippen LogP contribution in [0.3, 0.4) is 0 Å². The van der Waals surface area contributed by atoms with Crippen molar-refractivity contribution in [3.05, 3.63) is 53.8 Å². The van der Waals surface area contributed by atoms with Gasteiger partial charge in [0.25, 0.3) is 0 Å². The predicted molar refractivity (Wildman–Crippen MR) is 106 cm³/mol. The van der Waals surface area contributed by atoms with Gasteiger partial charge >= 0.3 is 0 Å². The first-order chi connectivity index (χ1) is 14.8. The zero-order chi connectivity index (χ0) is 22.2. The molecule has 142 valence electrons. The van der Waals surface area contributed by atoms with E-state index in [0.717, 1.165) is 16.6 Å². The van der Waals surface area contributed by atoms with Crippen LogP contribution in [0.1, 0.15) is 9.94 Å². The highest BCUT2D eigenvalue weighted by Crippen LogP contribution is 2.43. The number of rotatable bonds is 5. The lowest BCUT2D eigenvalue weighted by Gasteiger charge is -2.16. The van der Waals surface area contributed by atoms with E-state index in [-0.39, 0.29) is 18.2 Å². The van der Waals surface area contributed by atoms with Crippen molar-refractivity contribution in [2.24, 2.45) is 6.98 Å². The smallest absolute Gasteiger partial charge is 0.188 e. The maximum atomic E-state index is 7.39. The van der Waals surface area contributed by atoms with Gasteiger partial charge in [0.2, 0.25) is 0 Å². The second-order valence-corrected chi connectivity index (χ2v) is 6.28. The van der Waals surface area contributed by atoms with Gasteiger partial charge in [-0.2, -0.15) is 5.10 Å². The maximum absolute atomic E-state index is 7.39. The molecular weight excluding hydrogens is 380 g/mol. The third-order valence-corrected chi connectivity index (χ3v) is 4.33. The molecule has 0 spiro atoms. The van der Waals surface area contributed by atoms with Gasteiger partial charge in [-0.25, -0.2) is 15.0 Å². The van der Waals surface area contributed by atoms with Gasteiger partial charge in [-0.3, -0.25) is 4.68 Å². The van der Waals surface area contributed by atoms with Gasteiger partial charge in [-0.05, 0) is 17.7 Å². The van der Waals surface area contributed by atoms with Gasteiger partial charge < -0.3 is 15.2 Å². The Hall–Kier alpha value is -3.39. The quantitative estimate of drug-likeness (QED) is 0.549. The number of methoxy groups -OCH3 is 1. The molecule has 2 N–H and O–H groups in total. The van der Waals surface area contributed by atoms with Gasteiger partial charge in [-0.1, -0.05) is 23.7 Å². The molecule has 0 saturated heterocycles. The summed E-state index contributed by atoms with van der Waals surface area (Å²) in [5.74, 6) is 1.24. The van der Waals surface area contributed by atoms with E-state index in [0.29, 0.717) is 33.0 Å². The van der Waals surface area contributed by atoms with Crippen molar-refractivity contribution in [1.29, 1.82) is 0 Å². The lowest BCUT2D eigenvalue weighted by molar-refractivity contribution is 0.297. The summed E-state index contributed by atoms with van der Waals surface area (Å²) < 4.78 is 34.4. The molecule has 9 heteroatoms.